The Morgan fingerprint density at radius 3 is 2.53 bits per heavy atom. The lowest BCUT2D eigenvalue weighted by atomic mass is 10.2. The molecule has 0 saturated carbocycles. The number of carbonyl (C=O) groups is 1. The first-order valence-corrected chi connectivity index (χ1v) is 6.72. The van der Waals surface area contributed by atoms with E-state index in [9.17, 15) is 4.79 Å². The number of ether oxygens (including phenoxy) is 1. The molecule has 0 fully saturated rings. The van der Waals surface area contributed by atoms with Crippen LogP contribution in [0.1, 0.15) is 10.4 Å². The molecule has 0 radical (unpaired) electrons. The molecule has 3 nitrogen and oxygen atoms in total. The molecule has 0 aliphatic heterocycles. The van der Waals surface area contributed by atoms with Gasteiger partial charge < -0.3 is 10.1 Å². The first-order valence-electron chi connectivity index (χ1n) is 5.90. The van der Waals surface area contributed by atoms with Crippen LogP contribution in [0.15, 0.2) is 64.4 Å². The average molecular weight is 273 g/mol. The van der Waals surface area contributed by atoms with E-state index in [1.165, 1.54) is 0 Å². The van der Waals surface area contributed by atoms with Gasteiger partial charge in [0.1, 0.15) is 6.73 Å². The van der Waals surface area contributed by atoms with E-state index in [1.54, 1.807) is 18.9 Å². The molecule has 0 bridgehead atoms. The van der Waals surface area contributed by atoms with Gasteiger partial charge in [0.15, 0.2) is 0 Å². The van der Waals surface area contributed by atoms with Crippen molar-refractivity contribution in [2.24, 2.45) is 0 Å². The number of rotatable bonds is 5. The zero-order valence-electron chi connectivity index (χ0n) is 10.6. The molecule has 0 aliphatic rings. The third-order valence-corrected chi connectivity index (χ3v) is 3.56. The van der Waals surface area contributed by atoms with Gasteiger partial charge in [-0.2, -0.15) is 0 Å². The maximum atomic E-state index is 12.0. The normalized spacial score (nSPS) is 10.2. The standard InChI is InChI=1S/C15H15NO2S/c1-18-11-16-15(17)13-9-5-6-10-14(13)19-12-7-3-2-4-8-12/h2-10H,11H2,1H3,(H,16,17). The summed E-state index contributed by atoms with van der Waals surface area (Å²) in [6.45, 7) is 0.211. The van der Waals surface area contributed by atoms with Crippen LogP contribution in [-0.4, -0.2) is 19.7 Å². The first kappa shape index (κ1) is 13.6. The quantitative estimate of drug-likeness (QED) is 0.850. The van der Waals surface area contributed by atoms with Gasteiger partial charge in [-0.1, -0.05) is 42.1 Å². The first-order chi connectivity index (χ1) is 9.31. The van der Waals surface area contributed by atoms with E-state index < -0.39 is 0 Å². The number of methoxy groups -OCH3 is 1. The van der Waals surface area contributed by atoms with Crippen molar-refractivity contribution in [1.29, 1.82) is 0 Å². The third kappa shape index (κ3) is 3.84. The van der Waals surface area contributed by atoms with Gasteiger partial charge in [-0.25, -0.2) is 0 Å². The maximum Gasteiger partial charge on any atom is 0.254 e. The van der Waals surface area contributed by atoms with Crippen LogP contribution in [0.2, 0.25) is 0 Å². The molecule has 0 saturated heterocycles. The predicted molar refractivity (Wildman–Crippen MR) is 76.3 cm³/mol. The Morgan fingerprint density at radius 2 is 1.79 bits per heavy atom. The number of nitrogens with one attached hydrogen (secondary N) is 1. The molecule has 0 heterocycles. The van der Waals surface area contributed by atoms with E-state index in [2.05, 4.69) is 5.32 Å². The zero-order valence-corrected chi connectivity index (χ0v) is 11.4. The molecule has 0 spiro atoms. The Hall–Kier alpha value is -1.78. The summed E-state index contributed by atoms with van der Waals surface area (Å²) in [5, 5.41) is 2.70. The van der Waals surface area contributed by atoms with Crippen molar-refractivity contribution in [2.75, 3.05) is 13.8 Å². The van der Waals surface area contributed by atoms with Gasteiger partial charge in [-0.15, -0.1) is 0 Å². The summed E-state index contributed by atoms with van der Waals surface area (Å²) >= 11 is 1.57. The van der Waals surface area contributed by atoms with Gasteiger partial charge in [0.2, 0.25) is 0 Å². The van der Waals surface area contributed by atoms with Crippen molar-refractivity contribution < 1.29 is 9.53 Å². The SMILES string of the molecule is COCNC(=O)c1ccccc1Sc1ccccc1. The number of amides is 1. The summed E-state index contributed by atoms with van der Waals surface area (Å²) in [4.78, 5) is 14.0. The Bertz CT molecular complexity index is 543. The highest BCUT2D eigenvalue weighted by Crippen LogP contribution is 2.30. The molecular formula is C15H15NO2S. The van der Waals surface area contributed by atoms with Crippen LogP contribution < -0.4 is 5.32 Å². The minimum absolute atomic E-state index is 0.124. The molecule has 0 atom stereocenters. The summed E-state index contributed by atoms with van der Waals surface area (Å²) < 4.78 is 4.85. The van der Waals surface area contributed by atoms with Gasteiger partial charge >= 0.3 is 0 Å². The van der Waals surface area contributed by atoms with E-state index in [0.29, 0.717) is 5.56 Å². The van der Waals surface area contributed by atoms with Gasteiger partial charge in [0.25, 0.3) is 5.91 Å². The number of carbonyl (C=O) groups excluding carboxylic acids is 1. The molecule has 2 rings (SSSR count). The number of hydrogen-bond acceptors (Lipinski definition) is 3. The van der Waals surface area contributed by atoms with Gasteiger partial charge in [-0.3, -0.25) is 4.79 Å². The smallest absolute Gasteiger partial charge is 0.254 e. The molecular weight excluding hydrogens is 258 g/mol. The van der Waals surface area contributed by atoms with Crippen molar-refractivity contribution in [3.8, 4) is 0 Å². The topological polar surface area (TPSA) is 38.3 Å². The Balaban J connectivity index is 2.19. The molecule has 98 valence electrons. The van der Waals surface area contributed by atoms with Crippen LogP contribution in [0.5, 0.6) is 0 Å². The molecule has 4 heteroatoms. The molecule has 0 unspecified atom stereocenters. The molecule has 0 aliphatic carbocycles. The van der Waals surface area contributed by atoms with E-state index in [0.717, 1.165) is 9.79 Å². The Kier molecular flexibility index (Phi) is 5.01. The molecule has 2 aromatic rings. The van der Waals surface area contributed by atoms with Gasteiger partial charge in [0.05, 0.1) is 5.56 Å². The molecule has 1 amide bonds. The Labute approximate surface area is 117 Å². The largest absolute Gasteiger partial charge is 0.364 e. The summed E-state index contributed by atoms with van der Waals surface area (Å²) in [5.41, 5.74) is 0.661. The van der Waals surface area contributed by atoms with Crippen molar-refractivity contribution >= 4 is 17.7 Å². The van der Waals surface area contributed by atoms with E-state index in [4.69, 9.17) is 4.74 Å². The van der Waals surface area contributed by atoms with Crippen molar-refractivity contribution in [3.05, 3.63) is 60.2 Å². The lowest BCUT2D eigenvalue weighted by molar-refractivity contribution is 0.0869. The van der Waals surface area contributed by atoms with Crippen LogP contribution in [0.4, 0.5) is 0 Å². The fraction of sp³-hybridized carbons (Fsp3) is 0.133. The molecule has 19 heavy (non-hydrogen) atoms. The van der Waals surface area contributed by atoms with Crippen molar-refractivity contribution in [2.45, 2.75) is 9.79 Å². The summed E-state index contributed by atoms with van der Waals surface area (Å²) in [5.74, 6) is -0.124. The predicted octanol–water partition coefficient (Wildman–Crippen LogP) is 3.17. The van der Waals surface area contributed by atoms with Crippen LogP contribution in [0, 0.1) is 0 Å². The minimum atomic E-state index is -0.124. The zero-order chi connectivity index (χ0) is 13.5. The summed E-state index contributed by atoms with van der Waals surface area (Å²) in [6, 6.07) is 17.5. The second-order valence-corrected chi connectivity index (χ2v) is 4.97. The molecule has 1 N–H and O–H groups in total. The summed E-state index contributed by atoms with van der Waals surface area (Å²) in [7, 11) is 1.55. The number of benzene rings is 2. The van der Waals surface area contributed by atoms with Crippen molar-refractivity contribution in [1.82, 2.24) is 5.32 Å². The van der Waals surface area contributed by atoms with E-state index >= 15 is 0 Å². The fourth-order valence-corrected chi connectivity index (χ4v) is 2.56. The van der Waals surface area contributed by atoms with Crippen LogP contribution >= 0.6 is 11.8 Å². The number of hydrogen-bond donors (Lipinski definition) is 1. The lowest BCUT2D eigenvalue weighted by Crippen LogP contribution is -2.25. The summed E-state index contributed by atoms with van der Waals surface area (Å²) in [6.07, 6.45) is 0. The molecule has 2 aromatic carbocycles. The second-order valence-electron chi connectivity index (χ2n) is 3.85. The highest BCUT2D eigenvalue weighted by Gasteiger charge is 2.11. The fourth-order valence-electron chi connectivity index (χ4n) is 1.59. The van der Waals surface area contributed by atoms with Crippen LogP contribution in [0.25, 0.3) is 0 Å². The van der Waals surface area contributed by atoms with Crippen molar-refractivity contribution in [3.63, 3.8) is 0 Å². The van der Waals surface area contributed by atoms with E-state index in [-0.39, 0.29) is 12.6 Å². The van der Waals surface area contributed by atoms with Crippen LogP contribution in [0.3, 0.4) is 0 Å². The van der Waals surface area contributed by atoms with E-state index in [1.807, 2.05) is 54.6 Å². The Morgan fingerprint density at radius 1 is 1.11 bits per heavy atom. The maximum absolute atomic E-state index is 12.0. The van der Waals surface area contributed by atoms with Crippen LogP contribution in [-0.2, 0) is 4.74 Å². The lowest BCUT2D eigenvalue weighted by Gasteiger charge is -2.09. The van der Waals surface area contributed by atoms with Gasteiger partial charge in [-0.05, 0) is 24.3 Å². The second kappa shape index (κ2) is 6.97. The third-order valence-electron chi connectivity index (χ3n) is 2.48. The highest BCUT2D eigenvalue weighted by atomic mass is 32.2. The highest BCUT2D eigenvalue weighted by molar-refractivity contribution is 7.99. The monoisotopic (exact) mass is 273 g/mol. The molecule has 0 aromatic heterocycles. The van der Waals surface area contributed by atoms with Gasteiger partial charge in [0, 0.05) is 16.9 Å². The minimum Gasteiger partial charge on any atom is -0.364 e. The average Bonchev–Trinajstić information content (AvgIpc) is 2.46.